The number of carbonyl (C=O) groups excluding carboxylic acids is 1. The van der Waals surface area contributed by atoms with Crippen LogP contribution in [0.4, 0.5) is 10.9 Å². The van der Waals surface area contributed by atoms with Gasteiger partial charge in [-0.05, 0) is 56.7 Å². The number of methoxy groups -OCH3 is 1. The van der Waals surface area contributed by atoms with Crippen LogP contribution in [0, 0.1) is 0 Å². The number of aromatic nitrogens is 4. The van der Waals surface area contributed by atoms with Gasteiger partial charge in [-0.1, -0.05) is 17.4 Å². The first-order valence-corrected chi connectivity index (χ1v) is 11.7. The molecule has 0 radical (unpaired) electrons. The number of likely N-dealkylation sites (N-methyl/N-ethyl adjacent to an activating group) is 1. The van der Waals surface area contributed by atoms with Crippen LogP contribution in [-0.2, 0) is 11.3 Å². The molecule has 0 aliphatic carbocycles. The van der Waals surface area contributed by atoms with Crippen LogP contribution in [0.5, 0.6) is 5.75 Å². The Bertz CT molecular complexity index is 1260. The number of anilines is 2. The van der Waals surface area contributed by atoms with Crippen molar-refractivity contribution in [3.63, 3.8) is 0 Å². The Morgan fingerprint density at radius 1 is 1.21 bits per heavy atom. The molecule has 0 aliphatic rings. The number of nitrogens with zero attached hydrogens (tertiary/aromatic N) is 5. The van der Waals surface area contributed by atoms with Crippen molar-refractivity contribution in [1.82, 2.24) is 24.9 Å². The Labute approximate surface area is 202 Å². The molecule has 0 bridgehead atoms. The second-order valence-electron chi connectivity index (χ2n) is 8.99. The highest BCUT2D eigenvalue weighted by molar-refractivity contribution is 7.20. The van der Waals surface area contributed by atoms with E-state index >= 15 is 0 Å². The number of rotatable bonds is 8. The summed E-state index contributed by atoms with van der Waals surface area (Å²) in [5, 5.41) is 11.9. The summed E-state index contributed by atoms with van der Waals surface area (Å²) in [5.41, 5.74) is 2.55. The fraction of sp³-hybridized carbons (Fsp3) is 0.333. The molecule has 2 N–H and O–H groups in total. The maximum absolute atomic E-state index is 12.5. The summed E-state index contributed by atoms with van der Waals surface area (Å²) in [6, 6.07) is 11.6. The lowest BCUT2D eigenvalue weighted by atomic mass is 10.1. The van der Waals surface area contributed by atoms with Gasteiger partial charge in [-0.15, -0.1) is 5.10 Å². The monoisotopic (exact) mass is 479 g/mol. The van der Waals surface area contributed by atoms with Crippen molar-refractivity contribution in [2.75, 3.05) is 30.9 Å². The smallest absolute Gasteiger partial charge is 0.239 e. The molecule has 0 fully saturated rings. The lowest BCUT2D eigenvalue weighted by Crippen LogP contribution is -2.34. The molecule has 0 atom stereocenters. The Kier molecular flexibility index (Phi) is 6.69. The topological polar surface area (TPSA) is 96.7 Å². The largest absolute Gasteiger partial charge is 0.497 e. The summed E-state index contributed by atoms with van der Waals surface area (Å²) in [6.07, 6.45) is 3.45. The second-order valence-corrected chi connectivity index (χ2v) is 9.92. The number of pyridine rings is 1. The van der Waals surface area contributed by atoms with Crippen molar-refractivity contribution in [3.8, 4) is 17.0 Å². The van der Waals surface area contributed by atoms with Crippen LogP contribution in [0.3, 0.4) is 0 Å². The summed E-state index contributed by atoms with van der Waals surface area (Å²) in [7, 11) is 3.50. The SMILES string of the molecule is COc1ccc(-c2nc3sc(N(C)CC(=O)NCc4cccnc4)nn3c2NC(C)(C)C)cc1. The molecule has 34 heavy (non-hydrogen) atoms. The number of benzene rings is 1. The second kappa shape index (κ2) is 9.68. The summed E-state index contributed by atoms with van der Waals surface area (Å²) >= 11 is 1.44. The minimum absolute atomic E-state index is 0.0915. The van der Waals surface area contributed by atoms with Gasteiger partial charge in [-0.3, -0.25) is 9.78 Å². The zero-order valence-corrected chi connectivity index (χ0v) is 20.8. The van der Waals surface area contributed by atoms with E-state index < -0.39 is 0 Å². The molecule has 0 saturated carbocycles. The van der Waals surface area contributed by atoms with Gasteiger partial charge >= 0.3 is 0 Å². The Hall–Kier alpha value is -3.66. The number of amides is 1. The van der Waals surface area contributed by atoms with Crippen molar-refractivity contribution >= 4 is 33.2 Å². The van der Waals surface area contributed by atoms with Gasteiger partial charge in [-0.25, -0.2) is 4.98 Å². The van der Waals surface area contributed by atoms with E-state index in [0.717, 1.165) is 33.3 Å². The van der Waals surface area contributed by atoms with Crippen LogP contribution in [0.2, 0.25) is 0 Å². The van der Waals surface area contributed by atoms with Crippen LogP contribution in [-0.4, -0.2) is 51.7 Å². The van der Waals surface area contributed by atoms with E-state index in [1.165, 1.54) is 11.3 Å². The molecule has 10 heteroatoms. The van der Waals surface area contributed by atoms with Gasteiger partial charge in [0.1, 0.15) is 11.4 Å². The molecule has 9 nitrogen and oxygen atoms in total. The van der Waals surface area contributed by atoms with E-state index in [1.807, 2.05) is 52.9 Å². The molecule has 3 heterocycles. The number of imidazole rings is 1. The summed E-state index contributed by atoms with van der Waals surface area (Å²) in [6.45, 7) is 6.90. The van der Waals surface area contributed by atoms with Crippen molar-refractivity contribution in [2.24, 2.45) is 0 Å². The predicted octanol–water partition coefficient (Wildman–Crippen LogP) is 3.82. The average Bonchev–Trinajstić information content (AvgIpc) is 3.37. The summed E-state index contributed by atoms with van der Waals surface area (Å²) in [5.74, 6) is 1.51. The average molecular weight is 480 g/mol. The minimum atomic E-state index is -0.195. The first kappa shape index (κ1) is 23.5. The molecule has 3 aromatic heterocycles. The lowest BCUT2D eigenvalue weighted by molar-refractivity contribution is -0.119. The Morgan fingerprint density at radius 2 is 1.97 bits per heavy atom. The van der Waals surface area contributed by atoms with E-state index in [9.17, 15) is 4.79 Å². The fourth-order valence-electron chi connectivity index (χ4n) is 3.35. The number of hydrogen-bond acceptors (Lipinski definition) is 8. The molecule has 1 amide bonds. The van der Waals surface area contributed by atoms with Crippen molar-refractivity contribution < 1.29 is 9.53 Å². The summed E-state index contributed by atoms with van der Waals surface area (Å²) in [4.78, 5) is 24.0. The van der Waals surface area contributed by atoms with Gasteiger partial charge in [0.25, 0.3) is 0 Å². The maximum atomic E-state index is 12.5. The molecule has 4 aromatic rings. The maximum Gasteiger partial charge on any atom is 0.239 e. The standard InChI is InChI=1S/C24H29N7O2S/c1-24(2,3)28-21-20(17-8-10-18(33-5)11-9-17)27-22-31(21)29-23(34-22)30(4)15-19(32)26-14-16-7-6-12-25-13-16/h6-13,28H,14-15H2,1-5H3,(H,26,32). The lowest BCUT2D eigenvalue weighted by Gasteiger charge is -2.22. The Balaban J connectivity index is 1.55. The van der Waals surface area contributed by atoms with Crippen LogP contribution in [0.15, 0.2) is 48.8 Å². The fourth-order valence-corrected chi connectivity index (χ4v) is 4.21. The van der Waals surface area contributed by atoms with Crippen LogP contribution in [0.1, 0.15) is 26.3 Å². The van der Waals surface area contributed by atoms with E-state index in [2.05, 4.69) is 36.4 Å². The number of nitrogens with one attached hydrogen (secondary N) is 2. The van der Waals surface area contributed by atoms with E-state index in [1.54, 1.807) is 19.5 Å². The highest BCUT2D eigenvalue weighted by Gasteiger charge is 2.23. The zero-order valence-electron chi connectivity index (χ0n) is 20.0. The van der Waals surface area contributed by atoms with E-state index in [-0.39, 0.29) is 18.0 Å². The predicted molar refractivity (Wildman–Crippen MR) is 136 cm³/mol. The summed E-state index contributed by atoms with van der Waals surface area (Å²) < 4.78 is 7.10. The Morgan fingerprint density at radius 3 is 2.62 bits per heavy atom. The molecule has 0 spiro atoms. The van der Waals surface area contributed by atoms with Crippen LogP contribution in [0.25, 0.3) is 16.2 Å². The quantitative estimate of drug-likeness (QED) is 0.396. The molecule has 0 saturated heterocycles. The number of fused-ring (bicyclic) bond motifs is 1. The van der Waals surface area contributed by atoms with E-state index in [0.29, 0.717) is 11.7 Å². The first-order chi connectivity index (χ1) is 16.2. The van der Waals surface area contributed by atoms with Crippen molar-refractivity contribution in [2.45, 2.75) is 32.9 Å². The third kappa shape index (κ3) is 5.45. The number of ether oxygens (including phenoxy) is 1. The van der Waals surface area contributed by atoms with Crippen molar-refractivity contribution in [1.29, 1.82) is 0 Å². The molecule has 0 unspecified atom stereocenters. The van der Waals surface area contributed by atoms with Gasteiger partial charge < -0.3 is 20.3 Å². The zero-order chi connectivity index (χ0) is 24.3. The molecule has 0 aliphatic heterocycles. The van der Waals surface area contributed by atoms with Gasteiger partial charge in [0.2, 0.25) is 16.0 Å². The number of hydrogen-bond donors (Lipinski definition) is 2. The molecular weight excluding hydrogens is 450 g/mol. The molecule has 178 valence electrons. The van der Waals surface area contributed by atoms with Crippen molar-refractivity contribution in [3.05, 3.63) is 54.4 Å². The molecule has 1 aromatic carbocycles. The van der Waals surface area contributed by atoms with Crippen LogP contribution >= 0.6 is 11.3 Å². The highest BCUT2D eigenvalue weighted by Crippen LogP contribution is 2.35. The first-order valence-electron chi connectivity index (χ1n) is 10.9. The minimum Gasteiger partial charge on any atom is -0.497 e. The van der Waals surface area contributed by atoms with Gasteiger partial charge in [0, 0.05) is 37.1 Å². The van der Waals surface area contributed by atoms with Gasteiger partial charge in [-0.2, -0.15) is 4.52 Å². The normalized spacial score (nSPS) is 11.4. The van der Waals surface area contributed by atoms with Gasteiger partial charge in [0.15, 0.2) is 5.82 Å². The highest BCUT2D eigenvalue weighted by atomic mass is 32.1. The van der Waals surface area contributed by atoms with Gasteiger partial charge in [0.05, 0.1) is 13.7 Å². The molecular formula is C24H29N7O2S. The molecule has 4 rings (SSSR count). The van der Waals surface area contributed by atoms with Crippen LogP contribution < -0.4 is 20.3 Å². The third-order valence-electron chi connectivity index (χ3n) is 4.97. The van der Waals surface area contributed by atoms with E-state index in [4.69, 9.17) is 14.8 Å². The third-order valence-corrected chi connectivity index (χ3v) is 5.99. The number of carbonyl (C=O) groups is 1.